The van der Waals surface area contributed by atoms with Gasteiger partial charge in [-0.15, -0.1) is 0 Å². The molecule has 3 saturated heterocycles. The van der Waals surface area contributed by atoms with Gasteiger partial charge in [0.2, 0.25) is 0 Å². The summed E-state index contributed by atoms with van der Waals surface area (Å²) in [6.45, 7) is 3.20. The second-order valence-corrected chi connectivity index (χ2v) is 15.6. The zero-order valence-corrected chi connectivity index (χ0v) is 33.0. The van der Waals surface area contributed by atoms with Gasteiger partial charge in [0.15, 0.2) is 29.1 Å². The number of carbonyl (C=O) groups excluding carboxylic acids is 4. The molecular weight excluding hydrogens is 889 g/mol. The number of rotatable bonds is 7. The molecular formula is C35H42Br2IN5O7. The minimum Gasteiger partial charge on any atom is -0.506 e. The van der Waals surface area contributed by atoms with Crippen LogP contribution < -0.4 is 5.32 Å². The minimum absolute atomic E-state index is 0.0166. The lowest BCUT2D eigenvalue weighted by Gasteiger charge is -2.43. The molecule has 0 aliphatic carbocycles. The maximum absolute atomic E-state index is 14.1. The van der Waals surface area contributed by atoms with Crippen LogP contribution >= 0.6 is 54.9 Å². The molecule has 4 amide bonds. The van der Waals surface area contributed by atoms with Gasteiger partial charge >= 0.3 is 18.1 Å². The van der Waals surface area contributed by atoms with Crippen molar-refractivity contribution in [2.24, 2.45) is 0 Å². The van der Waals surface area contributed by atoms with Crippen molar-refractivity contribution in [1.82, 2.24) is 19.6 Å². The molecule has 4 heterocycles. The molecule has 0 bridgehead atoms. The number of nitrogens with zero attached hydrogens (tertiary/aromatic N) is 4. The summed E-state index contributed by atoms with van der Waals surface area (Å²) in [5, 5.41) is 13.3. The first-order valence-electron chi connectivity index (χ1n) is 17.3. The molecule has 3 fully saturated rings. The lowest BCUT2D eigenvalue weighted by Crippen LogP contribution is -2.55. The summed E-state index contributed by atoms with van der Waals surface area (Å²) in [7, 11) is 0. The molecule has 6 rings (SSSR count). The molecule has 2 aromatic carbocycles. The van der Waals surface area contributed by atoms with Gasteiger partial charge in [-0.3, -0.25) is 9.69 Å². The topological polar surface area (TPSA) is 132 Å². The maximum Gasteiger partial charge on any atom is 0.410 e. The van der Waals surface area contributed by atoms with E-state index in [0.717, 1.165) is 43.5 Å². The predicted octanol–water partition coefficient (Wildman–Crippen LogP) is 6.26. The number of benzene rings is 2. The highest BCUT2D eigenvalue weighted by molar-refractivity contribution is 14.1. The lowest BCUT2D eigenvalue weighted by molar-refractivity contribution is -0.145. The van der Waals surface area contributed by atoms with Gasteiger partial charge in [0.05, 0.1) is 8.95 Å². The van der Waals surface area contributed by atoms with Crippen LogP contribution in [-0.2, 0) is 30.2 Å². The first-order valence-corrected chi connectivity index (χ1v) is 19.7. The SMILES string of the molecule is O=C(OI)[C@@H]1CCCCN1C1CCN(C(=O)[C@@H](Cc2cc(Br)c(O)c(Br)c2)OC(=O)N2CCC(N3CCc4ccccc4NC3=O)CC2)CC1. The summed E-state index contributed by atoms with van der Waals surface area (Å²) in [6, 6.07) is 11.0. The van der Waals surface area contributed by atoms with E-state index >= 15 is 0 Å². The van der Waals surface area contributed by atoms with Crippen molar-refractivity contribution in [3.05, 3.63) is 56.5 Å². The normalized spacial score (nSPS) is 21.5. The van der Waals surface area contributed by atoms with Gasteiger partial charge in [-0.05, 0) is 113 Å². The largest absolute Gasteiger partial charge is 0.506 e. The van der Waals surface area contributed by atoms with Gasteiger partial charge in [0, 0.05) is 56.9 Å². The quantitative estimate of drug-likeness (QED) is 0.312. The van der Waals surface area contributed by atoms with Crippen LogP contribution in [0.2, 0.25) is 0 Å². The molecule has 2 atom stereocenters. The Morgan fingerprint density at radius 2 is 1.56 bits per heavy atom. The summed E-state index contributed by atoms with van der Waals surface area (Å²) in [5.41, 5.74) is 2.65. The summed E-state index contributed by atoms with van der Waals surface area (Å²) < 4.78 is 12.0. The summed E-state index contributed by atoms with van der Waals surface area (Å²) in [5.74, 6) is -0.441. The third-order valence-electron chi connectivity index (χ3n) is 10.5. The number of urea groups is 1. The van der Waals surface area contributed by atoms with Crippen LogP contribution in [0.15, 0.2) is 45.3 Å². The molecule has 0 radical (unpaired) electrons. The zero-order valence-electron chi connectivity index (χ0n) is 27.7. The van der Waals surface area contributed by atoms with Gasteiger partial charge in [0.25, 0.3) is 5.91 Å². The number of hydrogen-bond acceptors (Lipinski definition) is 8. The summed E-state index contributed by atoms with van der Waals surface area (Å²) in [6.07, 6.45) is 4.64. The monoisotopic (exact) mass is 929 g/mol. The van der Waals surface area contributed by atoms with Crippen LogP contribution in [0.5, 0.6) is 5.75 Å². The average Bonchev–Trinajstić information content (AvgIpc) is 3.31. The Morgan fingerprint density at radius 3 is 2.26 bits per heavy atom. The number of amides is 4. The van der Waals surface area contributed by atoms with E-state index in [1.54, 1.807) is 44.9 Å². The van der Waals surface area contributed by atoms with Crippen LogP contribution in [0.4, 0.5) is 15.3 Å². The molecule has 4 aliphatic rings. The highest BCUT2D eigenvalue weighted by Crippen LogP contribution is 2.34. The van der Waals surface area contributed by atoms with Crippen LogP contribution in [0, 0.1) is 0 Å². The Balaban J connectivity index is 1.09. The Bertz CT molecular complexity index is 1560. The van der Waals surface area contributed by atoms with E-state index in [-0.39, 0.29) is 48.2 Å². The van der Waals surface area contributed by atoms with Crippen molar-refractivity contribution in [3.63, 3.8) is 0 Å². The highest BCUT2D eigenvalue weighted by atomic mass is 127. The lowest BCUT2D eigenvalue weighted by atomic mass is 9.94. The standard InChI is InChI=1S/C35H42Br2IN5O7/c36-26-19-22(20-27(37)31(26)44)21-30(32(45)40-14-9-24(10-15-40)42-13-4-3-7-29(42)33(46)50-38)49-35(48)41-16-11-25(12-17-41)43-18-8-23-5-1-2-6-28(23)39-34(43)47/h1-2,5-6,19-20,24-25,29-30,44H,3-4,7-18,21H2,(H,39,47)/t29-,30+/m0/s1. The number of para-hydroxylation sites is 1. The number of aromatic hydroxyl groups is 1. The number of likely N-dealkylation sites (tertiary alicyclic amines) is 3. The van der Waals surface area contributed by atoms with Crippen LogP contribution in [0.1, 0.15) is 56.1 Å². The van der Waals surface area contributed by atoms with E-state index in [1.807, 2.05) is 29.2 Å². The molecule has 50 heavy (non-hydrogen) atoms. The smallest absolute Gasteiger partial charge is 0.410 e. The number of nitrogens with one attached hydrogen (secondary N) is 1. The van der Waals surface area contributed by atoms with E-state index in [2.05, 4.69) is 42.1 Å². The fourth-order valence-corrected chi connectivity index (χ4v) is 9.32. The number of piperidine rings is 3. The van der Waals surface area contributed by atoms with Gasteiger partial charge in [-0.25, -0.2) is 14.4 Å². The fraction of sp³-hybridized carbons (Fsp3) is 0.543. The van der Waals surface area contributed by atoms with E-state index in [9.17, 15) is 24.3 Å². The van der Waals surface area contributed by atoms with Crippen molar-refractivity contribution >= 4 is 84.6 Å². The molecule has 4 aliphatic heterocycles. The zero-order chi connectivity index (χ0) is 35.4. The number of carbonyl (C=O) groups is 4. The van der Waals surface area contributed by atoms with Gasteiger partial charge in [0.1, 0.15) is 11.8 Å². The van der Waals surface area contributed by atoms with Crippen molar-refractivity contribution in [3.8, 4) is 5.75 Å². The molecule has 0 unspecified atom stereocenters. The molecule has 2 aromatic rings. The minimum atomic E-state index is -1.08. The van der Waals surface area contributed by atoms with Crippen molar-refractivity contribution < 1.29 is 32.1 Å². The van der Waals surface area contributed by atoms with Crippen LogP contribution in [0.3, 0.4) is 0 Å². The summed E-state index contributed by atoms with van der Waals surface area (Å²) in [4.78, 5) is 60.8. The number of anilines is 1. The van der Waals surface area contributed by atoms with Crippen LogP contribution in [-0.4, -0.2) is 112 Å². The number of ether oxygens (including phenoxy) is 1. The van der Waals surface area contributed by atoms with Gasteiger partial charge < -0.3 is 32.9 Å². The Morgan fingerprint density at radius 1 is 0.900 bits per heavy atom. The molecule has 12 nitrogen and oxygen atoms in total. The van der Waals surface area contributed by atoms with E-state index in [0.29, 0.717) is 72.9 Å². The van der Waals surface area contributed by atoms with Gasteiger partial charge in [-0.2, -0.15) is 0 Å². The molecule has 270 valence electrons. The number of fused-ring (bicyclic) bond motifs is 1. The number of phenolic OH excluding ortho intramolecular Hbond substituents is 1. The Kier molecular flexibility index (Phi) is 12.5. The Labute approximate surface area is 323 Å². The molecule has 0 saturated carbocycles. The first kappa shape index (κ1) is 37.1. The highest BCUT2D eigenvalue weighted by Gasteiger charge is 2.39. The second-order valence-electron chi connectivity index (χ2n) is 13.4. The van der Waals surface area contributed by atoms with E-state index in [1.165, 1.54) is 0 Å². The predicted molar refractivity (Wildman–Crippen MR) is 202 cm³/mol. The first-order chi connectivity index (χ1) is 24.1. The molecule has 0 aromatic heterocycles. The number of halogens is 3. The van der Waals surface area contributed by atoms with Crippen molar-refractivity contribution in [2.45, 2.75) is 82.0 Å². The molecule has 15 heteroatoms. The maximum atomic E-state index is 14.1. The third kappa shape index (κ3) is 8.52. The number of phenols is 1. The average molecular weight is 931 g/mol. The van der Waals surface area contributed by atoms with E-state index < -0.39 is 12.2 Å². The molecule has 0 spiro atoms. The van der Waals surface area contributed by atoms with Crippen molar-refractivity contribution in [2.75, 3.05) is 44.6 Å². The van der Waals surface area contributed by atoms with E-state index in [4.69, 9.17) is 7.80 Å². The summed E-state index contributed by atoms with van der Waals surface area (Å²) >= 11 is 8.40. The van der Waals surface area contributed by atoms with Gasteiger partial charge in [-0.1, -0.05) is 24.6 Å². The van der Waals surface area contributed by atoms with Crippen LogP contribution in [0.25, 0.3) is 0 Å². The van der Waals surface area contributed by atoms with Crippen molar-refractivity contribution in [1.29, 1.82) is 0 Å². The number of hydrogen-bond donors (Lipinski definition) is 2. The Hall–Kier alpha value is -2.63. The third-order valence-corrected chi connectivity index (χ3v) is 12.1. The fourth-order valence-electron chi connectivity index (χ4n) is 7.74. The second kappa shape index (κ2) is 16.8. The molecule has 2 N–H and O–H groups in total.